The van der Waals surface area contributed by atoms with Gasteiger partial charge in [-0.25, -0.2) is 0 Å². The molecule has 0 saturated carbocycles. The molecular weight excluding hydrogens is 294 g/mol. The highest BCUT2D eigenvalue weighted by Gasteiger charge is 2.12. The van der Waals surface area contributed by atoms with Crippen molar-refractivity contribution in [2.45, 2.75) is 19.9 Å². The first-order valence-electron chi connectivity index (χ1n) is 8.02. The van der Waals surface area contributed by atoms with Crippen molar-refractivity contribution in [3.63, 3.8) is 0 Å². The van der Waals surface area contributed by atoms with Crippen LogP contribution in [-0.2, 0) is 20.9 Å². The Hall–Kier alpha value is -1.92. The monoisotopic (exact) mass is 319 g/mol. The zero-order valence-corrected chi connectivity index (χ0v) is 13.6. The fraction of sp³-hybridized carbons (Fsp3) is 0.529. The third-order valence-electron chi connectivity index (χ3n) is 3.79. The number of hydrogen-bond acceptors (Lipinski definition) is 4. The van der Waals surface area contributed by atoms with Gasteiger partial charge in [0.25, 0.3) is 0 Å². The van der Waals surface area contributed by atoms with E-state index in [2.05, 4.69) is 15.5 Å². The van der Waals surface area contributed by atoms with Crippen LogP contribution >= 0.6 is 0 Å². The quantitative estimate of drug-likeness (QED) is 0.716. The molecule has 23 heavy (non-hydrogen) atoms. The van der Waals surface area contributed by atoms with E-state index < -0.39 is 0 Å². The molecule has 0 bridgehead atoms. The van der Waals surface area contributed by atoms with Crippen molar-refractivity contribution in [2.24, 2.45) is 0 Å². The lowest BCUT2D eigenvalue weighted by atomic mass is 10.1. The Morgan fingerprint density at radius 2 is 1.74 bits per heavy atom. The van der Waals surface area contributed by atoms with Crippen molar-refractivity contribution >= 4 is 11.8 Å². The van der Waals surface area contributed by atoms with Gasteiger partial charge in [-0.1, -0.05) is 29.8 Å². The first kappa shape index (κ1) is 17.4. The number of nitrogens with one attached hydrogen (secondary N) is 2. The van der Waals surface area contributed by atoms with Gasteiger partial charge in [0.15, 0.2) is 0 Å². The Morgan fingerprint density at radius 3 is 2.43 bits per heavy atom. The number of benzene rings is 1. The Kier molecular flexibility index (Phi) is 7.03. The summed E-state index contributed by atoms with van der Waals surface area (Å²) in [5, 5.41) is 5.55. The Balaban J connectivity index is 1.58. The molecule has 6 heteroatoms. The molecule has 0 unspecified atom stereocenters. The van der Waals surface area contributed by atoms with E-state index in [4.69, 9.17) is 4.74 Å². The zero-order valence-electron chi connectivity index (χ0n) is 13.6. The molecule has 0 aliphatic carbocycles. The van der Waals surface area contributed by atoms with E-state index in [1.54, 1.807) is 0 Å². The largest absolute Gasteiger partial charge is 0.379 e. The molecule has 1 heterocycles. The minimum atomic E-state index is -0.255. The van der Waals surface area contributed by atoms with Crippen LogP contribution in [0.2, 0.25) is 0 Å². The summed E-state index contributed by atoms with van der Waals surface area (Å²) < 4.78 is 5.27. The number of rotatable bonds is 7. The summed E-state index contributed by atoms with van der Waals surface area (Å²) in [5.74, 6) is -0.492. The lowest BCUT2D eigenvalue weighted by Gasteiger charge is -2.26. The highest BCUT2D eigenvalue weighted by Crippen LogP contribution is 2.02. The van der Waals surface area contributed by atoms with Gasteiger partial charge in [-0.05, 0) is 12.5 Å². The van der Waals surface area contributed by atoms with Crippen LogP contribution in [0.4, 0.5) is 0 Å². The summed E-state index contributed by atoms with van der Waals surface area (Å²) in [5.41, 5.74) is 2.20. The second kappa shape index (κ2) is 9.27. The van der Waals surface area contributed by atoms with Crippen LogP contribution in [0, 0.1) is 6.92 Å². The van der Waals surface area contributed by atoms with Crippen molar-refractivity contribution in [3.8, 4) is 0 Å². The fourth-order valence-electron chi connectivity index (χ4n) is 2.36. The summed E-state index contributed by atoms with van der Waals surface area (Å²) in [7, 11) is 0. The summed E-state index contributed by atoms with van der Waals surface area (Å²) in [6.45, 7) is 7.10. The average molecular weight is 319 g/mol. The van der Waals surface area contributed by atoms with Crippen LogP contribution in [-0.4, -0.2) is 56.1 Å². The molecule has 1 aromatic carbocycles. The van der Waals surface area contributed by atoms with Crippen LogP contribution < -0.4 is 10.6 Å². The summed E-state index contributed by atoms with van der Waals surface area (Å²) in [6.07, 6.45) is -0.130. The van der Waals surface area contributed by atoms with Crippen molar-refractivity contribution < 1.29 is 14.3 Å². The number of amides is 2. The highest BCUT2D eigenvalue weighted by molar-refractivity contribution is 5.96. The molecule has 1 saturated heterocycles. The topological polar surface area (TPSA) is 70.7 Å². The predicted molar refractivity (Wildman–Crippen MR) is 87.9 cm³/mol. The highest BCUT2D eigenvalue weighted by atomic mass is 16.5. The van der Waals surface area contributed by atoms with Gasteiger partial charge in [-0.15, -0.1) is 0 Å². The fourth-order valence-corrected chi connectivity index (χ4v) is 2.36. The van der Waals surface area contributed by atoms with Crippen LogP contribution in [0.3, 0.4) is 0 Å². The van der Waals surface area contributed by atoms with Gasteiger partial charge < -0.3 is 15.4 Å². The van der Waals surface area contributed by atoms with E-state index in [0.717, 1.165) is 38.4 Å². The van der Waals surface area contributed by atoms with Crippen molar-refractivity contribution in [1.82, 2.24) is 15.5 Å². The number of morpholine rings is 1. The molecule has 1 aliphatic heterocycles. The molecule has 1 fully saturated rings. The number of ether oxygens (including phenoxy) is 1. The molecule has 2 N–H and O–H groups in total. The van der Waals surface area contributed by atoms with Gasteiger partial charge in [0.1, 0.15) is 6.42 Å². The smallest absolute Gasteiger partial charge is 0.229 e. The Labute approximate surface area is 137 Å². The van der Waals surface area contributed by atoms with Crippen LogP contribution in [0.1, 0.15) is 17.5 Å². The number of carbonyl (C=O) groups excluding carboxylic acids is 2. The molecule has 1 aromatic rings. The van der Waals surface area contributed by atoms with E-state index in [1.165, 1.54) is 5.56 Å². The Morgan fingerprint density at radius 1 is 1.09 bits per heavy atom. The number of hydrogen-bond donors (Lipinski definition) is 2. The third kappa shape index (κ3) is 6.80. The first-order chi connectivity index (χ1) is 11.1. The molecule has 6 nitrogen and oxygen atoms in total. The van der Waals surface area contributed by atoms with Crippen LogP contribution in [0.5, 0.6) is 0 Å². The minimum Gasteiger partial charge on any atom is -0.379 e. The summed E-state index contributed by atoms with van der Waals surface area (Å²) in [4.78, 5) is 25.7. The molecule has 1 aliphatic rings. The molecule has 0 spiro atoms. The van der Waals surface area contributed by atoms with Crippen LogP contribution in [0.15, 0.2) is 24.3 Å². The normalized spacial score (nSPS) is 15.2. The maximum absolute atomic E-state index is 11.8. The lowest BCUT2D eigenvalue weighted by Crippen LogP contribution is -2.42. The van der Waals surface area contributed by atoms with Gasteiger partial charge in [0, 0.05) is 32.7 Å². The molecule has 126 valence electrons. The SMILES string of the molecule is Cc1ccc(CNC(=O)CC(=O)NCCN2CCOCC2)cc1. The van der Waals surface area contributed by atoms with E-state index >= 15 is 0 Å². The van der Waals surface area contributed by atoms with Gasteiger partial charge in [-0.2, -0.15) is 0 Å². The predicted octanol–water partition coefficient (Wildman–Crippen LogP) is 0.450. The minimum absolute atomic E-state index is 0.130. The number of carbonyl (C=O) groups is 2. The first-order valence-corrected chi connectivity index (χ1v) is 8.02. The number of aryl methyl sites for hydroxylation is 1. The zero-order chi connectivity index (χ0) is 16.5. The van der Waals surface area contributed by atoms with Gasteiger partial charge >= 0.3 is 0 Å². The molecular formula is C17H25N3O3. The number of nitrogens with zero attached hydrogens (tertiary/aromatic N) is 1. The van der Waals surface area contributed by atoms with E-state index in [9.17, 15) is 9.59 Å². The van der Waals surface area contributed by atoms with Crippen LogP contribution in [0.25, 0.3) is 0 Å². The van der Waals surface area contributed by atoms with E-state index in [1.807, 2.05) is 31.2 Å². The second-order valence-electron chi connectivity index (χ2n) is 5.74. The lowest BCUT2D eigenvalue weighted by molar-refractivity contribution is -0.129. The van der Waals surface area contributed by atoms with Gasteiger partial charge in [0.2, 0.25) is 11.8 Å². The molecule has 0 atom stereocenters. The molecule has 0 aromatic heterocycles. The van der Waals surface area contributed by atoms with E-state index in [-0.39, 0.29) is 18.2 Å². The molecule has 0 radical (unpaired) electrons. The summed E-state index contributed by atoms with van der Waals surface area (Å²) >= 11 is 0. The molecule has 2 rings (SSSR count). The van der Waals surface area contributed by atoms with Gasteiger partial charge in [-0.3, -0.25) is 14.5 Å². The third-order valence-corrected chi connectivity index (χ3v) is 3.79. The van der Waals surface area contributed by atoms with Crippen molar-refractivity contribution in [2.75, 3.05) is 39.4 Å². The average Bonchev–Trinajstić information content (AvgIpc) is 2.55. The standard InChI is InChI=1S/C17H25N3O3/c1-14-2-4-15(5-3-14)13-19-17(22)12-16(21)18-6-7-20-8-10-23-11-9-20/h2-5H,6-13H2,1H3,(H,18,21)(H,19,22). The van der Waals surface area contributed by atoms with Gasteiger partial charge in [0.05, 0.1) is 13.2 Å². The summed E-state index contributed by atoms with van der Waals surface area (Å²) in [6, 6.07) is 7.94. The maximum Gasteiger partial charge on any atom is 0.229 e. The van der Waals surface area contributed by atoms with Crippen molar-refractivity contribution in [1.29, 1.82) is 0 Å². The van der Waals surface area contributed by atoms with Crippen molar-refractivity contribution in [3.05, 3.63) is 35.4 Å². The maximum atomic E-state index is 11.8. The second-order valence-corrected chi connectivity index (χ2v) is 5.74. The van der Waals surface area contributed by atoms with E-state index in [0.29, 0.717) is 13.1 Å². The Bertz CT molecular complexity index is 510. The molecule has 2 amide bonds.